The molecule has 0 saturated heterocycles. The number of nitrogens with zero attached hydrogens (tertiary/aromatic N) is 5. The molecule has 2 aromatic rings. The van der Waals surface area contributed by atoms with Gasteiger partial charge in [0, 0.05) is 18.9 Å². The Morgan fingerprint density at radius 2 is 2.36 bits per heavy atom. The van der Waals surface area contributed by atoms with E-state index >= 15 is 0 Å². The molecule has 0 aromatic carbocycles. The number of anilines is 1. The molecular formula is C8H12N6. The van der Waals surface area contributed by atoms with Gasteiger partial charge in [-0.25, -0.2) is 4.98 Å². The minimum atomic E-state index is 0.430. The average Bonchev–Trinajstić information content (AvgIpc) is 2.76. The molecule has 0 aliphatic carbocycles. The van der Waals surface area contributed by atoms with E-state index in [0.717, 1.165) is 12.4 Å². The smallest absolute Gasteiger partial charge is 0.165 e. The number of nitrogen functional groups attached to an aromatic ring is 1. The summed E-state index contributed by atoms with van der Waals surface area (Å²) < 4.78 is 2.04. The summed E-state index contributed by atoms with van der Waals surface area (Å²) >= 11 is 0. The number of imidazole rings is 1. The van der Waals surface area contributed by atoms with E-state index in [0.29, 0.717) is 12.4 Å². The van der Waals surface area contributed by atoms with Crippen LogP contribution in [0, 0.1) is 0 Å². The molecule has 0 fully saturated rings. The lowest BCUT2D eigenvalue weighted by Crippen LogP contribution is -2.10. The Labute approximate surface area is 81.4 Å². The molecule has 2 N–H and O–H groups in total. The summed E-state index contributed by atoms with van der Waals surface area (Å²) in [7, 11) is 0. The fourth-order valence-electron chi connectivity index (χ4n) is 1.29. The Morgan fingerprint density at radius 1 is 1.50 bits per heavy atom. The third-order valence-electron chi connectivity index (χ3n) is 1.98. The van der Waals surface area contributed by atoms with Gasteiger partial charge in [0.1, 0.15) is 12.4 Å². The molecule has 0 aliphatic rings. The molecule has 0 amide bonds. The number of aromatic nitrogens is 5. The van der Waals surface area contributed by atoms with E-state index in [1.54, 1.807) is 6.20 Å². The summed E-state index contributed by atoms with van der Waals surface area (Å²) in [6.45, 7) is 3.51. The van der Waals surface area contributed by atoms with Crippen molar-refractivity contribution >= 4 is 5.82 Å². The van der Waals surface area contributed by atoms with E-state index < -0.39 is 0 Å². The van der Waals surface area contributed by atoms with Gasteiger partial charge in [0.15, 0.2) is 5.82 Å². The average molecular weight is 192 g/mol. The summed E-state index contributed by atoms with van der Waals surface area (Å²) in [5.74, 6) is 1.36. The molecule has 2 aromatic heterocycles. The van der Waals surface area contributed by atoms with Crippen molar-refractivity contribution in [1.82, 2.24) is 24.5 Å². The van der Waals surface area contributed by atoms with E-state index in [-0.39, 0.29) is 0 Å². The highest BCUT2D eigenvalue weighted by molar-refractivity contribution is 5.19. The van der Waals surface area contributed by atoms with Crippen LogP contribution in [0.15, 0.2) is 18.6 Å². The topological polar surface area (TPSA) is 74.5 Å². The lowest BCUT2D eigenvalue weighted by Gasteiger charge is -2.02. The third-order valence-corrected chi connectivity index (χ3v) is 1.98. The van der Waals surface area contributed by atoms with Crippen LogP contribution in [0.25, 0.3) is 0 Å². The van der Waals surface area contributed by atoms with Crippen molar-refractivity contribution < 1.29 is 0 Å². The lowest BCUT2D eigenvalue weighted by molar-refractivity contribution is 0.547. The molecule has 2 heterocycles. The van der Waals surface area contributed by atoms with Crippen LogP contribution in [0.5, 0.6) is 0 Å². The van der Waals surface area contributed by atoms with Gasteiger partial charge in [0.25, 0.3) is 0 Å². The second kappa shape index (κ2) is 3.49. The molecular weight excluding hydrogens is 180 g/mol. The van der Waals surface area contributed by atoms with E-state index in [2.05, 4.69) is 22.1 Å². The monoisotopic (exact) mass is 192 g/mol. The van der Waals surface area contributed by atoms with Crippen LogP contribution >= 0.6 is 0 Å². The summed E-state index contributed by atoms with van der Waals surface area (Å²) in [6, 6.07) is 0. The SMILES string of the molecule is CCn1ccnc1Cn1ncc(N)n1. The van der Waals surface area contributed by atoms with Crippen LogP contribution < -0.4 is 5.73 Å². The summed E-state index contributed by atoms with van der Waals surface area (Å²) in [4.78, 5) is 5.74. The first kappa shape index (κ1) is 8.74. The van der Waals surface area contributed by atoms with E-state index in [1.165, 1.54) is 11.0 Å². The molecule has 0 atom stereocenters. The lowest BCUT2D eigenvalue weighted by atomic mass is 10.5. The number of rotatable bonds is 3. The van der Waals surface area contributed by atoms with Crippen molar-refractivity contribution in [2.45, 2.75) is 20.0 Å². The molecule has 0 unspecified atom stereocenters. The quantitative estimate of drug-likeness (QED) is 0.749. The van der Waals surface area contributed by atoms with Gasteiger partial charge >= 0.3 is 0 Å². The van der Waals surface area contributed by atoms with Crippen molar-refractivity contribution in [2.75, 3.05) is 5.73 Å². The Balaban J connectivity index is 2.18. The molecule has 6 nitrogen and oxygen atoms in total. The second-order valence-corrected chi connectivity index (χ2v) is 2.93. The van der Waals surface area contributed by atoms with E-state index in [1.807, 2.05) is 10.8 Å². The van der Waals surface area contributed by atoms with Gasteiger partial charge in [-0.15, -0.1) is 5.10 Å². The van der Waals surface area contributed by atoms with Crippen LogP contribution in [-0.2, 0) is 13.1 Å². The minimum absolute atomic E-state index is 0.430. The van der Waals surface area contributed by atoms with Crippen molar-refractivity contribution in [2.24, 2.45) is 0 Å². The fourth-order valence-corrected chi connectivity index (χ4v) is 1.29. The minimum Gasteiger partial charge on any atom is -0.381 e. The molecule has 0 spiro atoms. The Hall–Kier alpha value is -1.85. The van der Waals surface area contributed by atoms with Gasteiger partial charge < -0.3 is 10.3 Å². The molecule has 2 rings (SSSR count). The zero-order valence-corrected chi connectivity index (χ0v) is 7.96. The summed E-state index contributed by atoms with van der Waals surface area (Å²) in [5, 5.41) is 7.98. The van der Waals surface area contributed by atoms with E-state index in [9.17, 15) is 0 Å². The predicted molar refractivity (Wildman–Crippen MR) is 51.4 cm³/mol. The second-order valence-electron chi connectivity index (χ2n) is 2.93. The van der Waals surface area contributed by atoms with Crippen LogP contribution in [0.1, 0.15) is 12.7 Å². The molecule has 74 valence electrons. The van der Waals surface area contributed by atoms with Crippen molar-refractivity contribution in [3.63, 3.8) is 0 Å². The maximum atomic E-state index is 5.46. The van der Waals surface area contributed by atoms with Gasteiger partial charge in [0.2, 0.25) is 0 Å². The standard InChI is InChI=1S/C8H12N6/c1-2-13-4-3-10-8(13)6-14-11-5-7(9)12-14/h3-5H,2,6H2,1H3,(H2,9,12). The summed E-state index contributed by atoms with van der Waals surface area (Å²) in [6.07, 6.45) is 5.23. The van der Waals surface area contributed by atoms with Gasteiger partial charge in [0.05, 0.1) is 6.20 Å². The zero-order chi connectivity index (χ0) is 9.97. The Bertz CT molecular complexity index is 415. The number of aryl methyl sites for hydroxylation is 1. The highest BCUT2D eigenvalue weighted by atomic mass is 15.5. The zero-order valence-electron chi connectivity index (χ0n) is 7.96. The highest BCUT2D eigenvalue weighted by Gasteiger charge is 2.03. The molecule has 0 radical (unpaired) electrons. The van der Waals surface area contributed by atoms with Crippen LogP contribution in [0.4, 0.5) is 5.82 Å². The van der Waals surface area contributed by atoms with Gasteiger partial charge in [-0.05, 0) is 6.92 Å². The maximum absolute atomic E-state index is 5.46. The molecule has 0 bridgehead atoms. The summed E-state index contributed by atoms with van der Waals surface area (Å²) in [5.41, 5.74) is 5.46. The van der Waals surface area contributed by atoms with Gasteiger partial charge in [-0.1, -0.05) is 0 Å². The van der Waals surface area contributed by atoms with Crippen molar-refractivity contribution in [3.05, 3.63) is 24.4 Å². The fraction of sp³-hybridized carbons (Fsp3) is 0.375. The Kier molecular flexibility index (Phi) is 2.18. The van der Waals surface area contributed by atoms with Crippen molar-refractivity contribution in [3.8, 4) is 0 Å². The number of hydrogen-bond acceptors (Lipinski definition) is 4. The maximum Gasteiger partial charge on any atom is 0.165 e. The third kappa shape index (κ3) is 1.59. The van der Waals surface area contributed by atoms with Gasteiger partial charge in [-0.2, -0.15) is 9.90 Å². The predicted octanol–water partition coefficient (Wildman–Crippen LogP) is 0.125. The first-order valence-electron chi connectivity index (χ1n) is 4.45. The molecule has 14 heavy (non-hydrogen) atoms. The molecule has 6 heteroatoms. The molecule has 0 aliphatic heterocycles. The number of nitrogens with two attached hydrogens (primary N) is 1. The first-order chi connectivity index (χ1) is 6.79. The normalized spacial score (nSPS) is 10.6. The van der Waals surface area contributed by atoms with Crippen LogP contribution in [0.2, 0.25) is 0 Å². The van der Waals surface area contributed by atoms with Gasteiger partial charge in [-0.3, -0.25) is 0 Å². The Morgan fingerprint density at radius 3 is 3.00 bits per heavy atom. The first-order valence-corrected chi connectivity index (χ1v) is 4.45. The molecule has 0 saturated carbocycles. The highest BCUT2D eigenvalue weighted by Crippen LogP contribution is 2.00. The van der Waals surface area contributed by atoms with E-state index in [4.69, 9.17) is 5.73 Å². The largest absolute Gasteiger partial charge is 0.381 e. The number of hydrogen-bond donors (Lipinski definition) is 1. The van der Waals surface area contributed by atoms with Crippen molar-refractivity contribution in [1.29, 1.82) is 0 Å². The van der Waals surface area contributed by atoms with Crippen LogP contribution in [0.3, 0.4) is 0 Å². The van der Waals surface area contributed by atoms with Crippen LogP contribution in [-0.4, -0.2) is 24.5 Å².